The van der Waals surface area contributed by atoms with E-state index in [1.54, 1.807) is 36.0 Å². The zero-order valence-electron chi connectivity index (χ0n) is 11.1. The molecule has 112 valence electrons. The maximum Gasteiger partial charge on any atom is 0.325 e. The monoisotopic (exact) mass is 327 g/mol. The molecule has 0 atom stereocenters. The largest absolute Gasteiger partial charge is 0.480 e. The molecule has 2 N–H and O–H groups in total. The number of nitrogens with zero attached hydrogens (tertiary/aromatic N) is 2. The summed E-state index contributed by atoms with van der Waals surface area (Å²) in [6.45, 7) is -0.391. The van der Waals surface area contributed by atoms with Crippen LogP contribution in [-0.2, 0) is 21.4 Å². The molecule has 0 unspecified atom stereocenters. The lowest BCUT2D eigenvalue weighted by Crippen LogP contribution is -2.13. The summed E-state index contributed by atoms with van der Waals surface area (Å²) in [6.07, 6.45) is 4.21. The molecule has 0 amide bonds. The van der Waals surface area contributed by atoms with Crippen LogP contribution in [0, 0.1) is 0 Å². The summed E-state index contributed by atoms with van der Waals surface area (Å²) in [5.74, 6) is -1.09. The normalized spacial score (nSPS) is 11.3. The van der Waals surface area contributed by atoms with Gasteiger partial charge in [0, 0.05) is 16.8 Å². The van der Waals surface area contributed by atoms with Gasteiger partial charge in [0.15, 0.2) is 0 Å². The van der Waals surface area contributed by atoms with Crippen molar-refractivity contribution in [1.29, 1.82) is 0 Å². The molecular weight excluding hydrogens is 314 g/mol. The summed E-state index contributed by atoms with van der Waals surface area (Å²) < 4.78 is 27.7. The molecule has 1 aromatic carbocycles. The first-order chi connectivity index (χ1) is 9.90. The fraction of sp³-hybridized carbons (Fsp3) is 0.167. The molecule has 0 aliphatic carbocycles. The highest BCUT2D eigenvalue weighted by Crippen LogP contribution is 2.20. The standard InChI is InChI=1S/C12H13N3O4S2/c1-20-10-4-2-9(3-5-10)14-21(18,19)11-6-13-15(7-11)8-12(16)17/h2-7,14H,8H2,1H3,(H,16,17). The molecule has 7 nitrogen and oxygen atoms in total. The van der Waals surface area contributed by atoms with Gasteiger partial charge in [0.05, 0.1) is 6.20 Å². The predicted octanol–water partition coefficient (Wildman–Crippen LogP) is 1.49. The highest BCUT2D eigenvalue weighted by atomic mass is 32.2. The molecule has 1 aromatic heterocycles. The predicted molar refractivity (Wildman–Crippen MR) is 78.9 cm³/mol. The van der Waals surface area contributed by atoms with E-state index < -0.39 is 22.5 Å². The zero-order chi connectivity index (χ0) is 15.5. The Morgan fingerprint density at radius 2 is 2.05 bits per heavy atom. The van der Waals surface area contributed by atoms with Gasteiger partial charge in [-0.15, -0.1) is 11.8 Å². The first-order valence-corrected chi connectivity index (χ1v) is 8.52. The van der Waals surface area contributed by atoms with Crippen molar-refractivity contribution in [2.24, 2.45) is 0 Å². The lowest BCUT2D eigenvalue weighted by Gasteiger charge is -2.06. The van der Waals surface area contributed by atoms with Gasteiger partial charge in [-0.05, 0) is 30.5 Å². The quantitative estimate of drug-likeness (QED) is 0.780. The maximum absolute atomic E-state index is 12.1. The van der Waals surface area contributed by atoms with Gasteiger partial charge in [0.1, 0.15) is 11.4 Å². The highest BCUT2D eigenvalue weighted by molar-refractivity contribution is 7.98. The maximum atomic E-state index is 12.1. The fourth-order valence-corrected chi connectivity index (χ4v) is 3.00. The van der Waals surface area contributed by atoms with E-state index in [-0.39, 0.29) is 4.90 Å². The van der Waals surface area contributed by atoms with Gasteiger partial charge in [-0.25, -0.2) is 8.42 Å². The first kappa shape index (κ1) is 15.4. The van der Waals surface area contributed by atoms with Crippen LogP contribution in [-0.4, -0.2) is 35.5 Å². The summed E-state index contributed by atoms with van der Waals surface area (Å²) in [7, 11) is -3.78. The van der Waals surface area contributed by atoms with Crippen LogP contribution < -0.4 is 4.72 Å². The SMILES string of the molecule is CSc1ccc(NS(=O)(=O)c2cnn(CC(=O)O)c2)cc1. The third-order valence-corrected chi connectivity index (χ3v) is 4.64. The van der Waals surface area contributed by atoms with Gasteiger partial charge < -0.3 is 5.11 Å². The van der Waals surface area contributed by atoms with Crippen molar-refractivity contribution in [3.63, 3.8) is 0 Å². The third kappa shape index (κ3) is 3.99. The van der Waals surface area contributed by atoms with Crippen LogP contribution in [0.25, 0.3) is 0 Å². The number of aliphatic carboxylic acids is 1. The number of carboxylic acids is 1. The first-order valence-electron chi connectivity index (χ1n) is 5.82. The average molecular weight is 327 g/mol. The minimum absolute atomic E-state index is 0.0855. The Morgan fingerprint density at radius 3 is 2.62 bits per heavy atom. The van der Waals surface area contributed by atoms with Crippen molar-refractivity contribution in [3.05, 3.63) is 36.7 Å². The molecule has 2 aromatic rings. The van der Waals surface area contributed by atoms with Crippen molar-refractivity contribution >= 4 is 33.4 Å². The molecule has 0 aliphatic heterocycles. The molecule has 0 aliphatic rings. The van der Waals surface area contributed by atoms with Crippen molar-refractivity contribution < 1.29 is 18.3 Å². The van der Waals surface area contributed by atoms with Crippen LogP contribution in [0.1, 0.15) is 0 Å². The summed E-state index contributed by atoms with van der Waals surface area (Å²) >= 11 is 1.55. The Hall–Kier alpha value is -2.00. The van der Waals surface area contributed by atoms with E-state index in [4.69, 9.17) is 5.11 Å². The molecule has 0 saturated carbocycles. The number of sulfonamides is 1. The Balaban J connectivity index is 2.17. The van der Waals surface area contributed by atoms with Crippen LogP contribution in [0.15, 0.2) is 46.5 Å². The number of aromatic nitrogens is 2. The van der Waals surface area contributed by atoms with E-state index >= 15 is 0 Å². The third-order valence-electron chi connectivity index (χ3n) is 2.56. The summed E-state index contributed by atoms with van der Waals surface area (Å²) in [4.78, 5) is 11.5. The minimum Gasteiger partial charge on any atom is -0.480 e. The molecule has 21 heavy (non-hydrogen) atoms. The van der Waals surface area contributed by atoms with Gasteiger partial charge >= 0.3 is 5.97 Å². The second kappa shape index (κ2) is 6.19. The van der Waals surface area contributed by atoms with E-state index in [1.807, 2.05) is 6.26 Å². The topological polar surface area (TPSA) is 101 Å². The van der Waals surface area contributed by atoms with Crippen molar-refractivity contribution in [2.75, 3.05) is 11.0 Å². The average Bonchev–Trinajstić information content (AvgIpc) is 2.88. The molecule has 0 radical (unpaired) electrons. The number of anilines is 1. The molecule has 2 rings (SSSR count). The fourth-order valence-electron chi connectivity index (χ4n) is 1.58. The summed E-state index contributed by atoms with van der Waals surface area (Å²) in [5, 5.41) is 12.3. The minimum atomic E-state index is -3.78. The number of rotatable bonds is 6. The van der Waals surface area contributed by atoms with Crippen molar-refractivity contribution in [2.45, 2.75) is 16.3 Å². The van der Waals surface area contributed by atoms with Gasteiger partial charge in [0.2, 0.25) is 0 Å². The van der Waals surface area contributed by atoms with Crippen LogP contribution in [0.4, 0.5) is 5.69 Å². The Morgan fingerprint density at radius 1 is 1.38 bits per heavy atom. The second-order valence-corrected chi connectivity index (χ2v) is 6.66. The molecule has 1 heterocycles. The van der Waals surface area contributed by atoms with Crippen LogP contribution in [0.2, 0.25) is 0 Å². The van der Waals surface area contributed by atoms with Crippen LogP contribution in [0.5, 0.6) is 0 Å². The number of nitrogens with one attached hydrogen (secondary N) is 1. The van der Waals surface area contributed by atoms with Crippen molar-refractivity contribution in [3.8, 4) is 0 Å². The van der Waals surface area contributed by atoms with Crippen LogP contribution >= 0.6 is 11.8 Å². The Labute approximate surface area is 126 Å². The smallest absolute Gasteiger partial charge is 0.325 e. The second-order valence-electron chi connectivity index (χ2n) is 4.10. The summed E-state index contributed by atoms with van der Waals surface area (Å²) in [6, 6.07) is 6.92. The molecule has 9 heteroatoms. The number of thioether (sulfide) groups is 1. The molecule has 0 spiro atoms. The lowest BCUT2D eigenvalue weighted by atomic mass is 10.3. The summed E-state index contributed by atoms with van der Waals surface area (Å²) in [5.41, 5.74) is 0.429. The molecule has 0 fully saturated rings. The lowest BCUT2D eigenvalue weighted by molar-refractivity contribution is -0.137. The zero-order valence-corrected chi connectivity index (χ0v) is 12.7. The van der Waals surface area contributed by atoms with E-state index in [1.165, 1.54) is 6.20 Å². The number of hydrogen-bond acceptors (Lipinski definition) is 5. The molecular formula is C12H13N3O4S2. The molecule has 0 bridgehead atoms. The number of carbonyl (C=O) groups is 1. The van der Waals surface area contributed by atoms with E-state index in [2.05, 4.69) is 9.82 Å². The van der Waals surface area contributed by atoms with Crippen LogP contribution in [0.3, 0.4) is 0 Å². The van der Waals surface area contributed by atoms with Gasteiger partial charge in [0.25, 0.3) is 10.0 Å². The van der Waals surface area contributed by atoms with Crippen molar-refractivity contribution in [1.82, 2.24) is 9.78 Å². The number of benzene rings is 1. The van der Waals surface area contributed by atoms with Gasteiger partial charge in [-0.1, -0.05) is 0 Å². The Kier molecular flexibility index (Phi) is 4.53. The van der Waals surface area contributed by atoms with E-state index in [9.17, 15) is 13.2 Å². The Bertz CT molecular complexity index is 738. The highest BCUT2D eigenvalue weighted by Gasteiger charge is 2.17. The van der Waals surface area contributed by atoms with E-state index in [0.29, 0.717) is 5.69 Å². The molecule has 0 saturated heterocycles. The van der Waals surface area contributed by atoms with Gasteiger partial charge in [-0.3, -0.25) is 14.2 Å². The van der Waals surface area contributed by atoms with E-state index in [0.717, 1.165) is 15.8 Å². The number of hydrogen-bond donors (Lipinski definition) is 2. The number of carboxylic acid groups (broad SMARTS) is 1. The van der Waals surface area contributed by atoms with Gasteiger partial charge in [-0.2, -0.15) is 5.10 Å².